The van der Waals surface area contributed by atoms with E-state index in [0.717, 1.165) is 5.01 Å². The van der Waals surface area contributed by atoms with Gasteiger partial charge in [-0.15, -0.1) is 0 Å². The quantitative estimate of drug-likeness (QED) is 0.889. The smallest absolute Gasteiger partial charge is 0.278 e. The van der Waals surface area contributed by atoms with Crippen LogP contribution in [0.2, 0.25) is 10.0 Å². The number of rotatable bonds is 2. The first-order chi connectivity index (χ1) is 10.9. The highest BCUT2D eigenvalue weighted by Crippen LogP contribution is 2.37. The lowest BCUT2D eigenvalue weighted by atomic mass is 9.97. The molecule has 0 aromatic heterocycles. The van der Waals surface area contributed by atoms with Crippen molar-refractivity contribution in [3.05, 3.63) is 69.7 Å². The third kappa shape index (κ3) is 2.85. The Morgan fingerprint density at radius 2 is 1.91 bits per heavy atom. The number of amides is 1. The van der Waals surface area contributed by atoms with Crippen molar-refractivity contribution in [2.24, 2.45) is 5.10 Å². The molecule has 3 rings (SSSR count). The number of carbonyl (C=O) groups is 1. The largest absolute Gasteiger partial charge is 0.365 e. The van der Waals surface area contributed by atoms with Gasteiger partial charge in [-0.05, 0) is 25.1 Å². The van der Waals surface area contributed by atoms with Gasteiger partial charge in [0.25, 0.3) is 5.91 Å². The summed E-state index contributed by atoms with van der Waals surface area (Å²) in [6.45, 7) is 1.77. The minimum absolute atomic E-state index is 0.220. The van der Waals surface area contributed by atoms with Crippen LogP contribution in [0.5, 0.6) is 0 Å². The van der Waals surface area contributed by atoms with E-state index in [0.29, 0.717) is 16.3 Å². The van der Waals surface area contributed by atoms with E-state index in [1.54, 1.807) is 37.3 Å². The molecule has 0 bridgehead atoms. The van der Waals surface area contributed by atoms with E-state index < -0.39 is 11.6 Å². The van der Waals surface area contributed by atoms with Crippen LogP contribution in [0.4, 0.5) is 0 Å². The summed E-state index contributed by atoms with van der Waals surface area (Å²) >= 11 is 12.0. The van der Waals surface area contributed by atoms with Crippen LogP contribution < -0.4 is 0 Å². The maximum Gasteiger partial charge on any atom is 0.278 e. The van der Waals surface area contributed by atoms with Crippen LogP contribution in [-0.2, 0) is 5.72 Å². The van der Waals surface area contributed by atoms with E-state index in [2.05, 4.69) is 5.10 Å². The topological polar surface area (TPSA) is 52.9 Å². The van der Waals surface area contributed by atoms with Gasteiger partial charge in [0.15, 0.2) is 5.72 Å². The molecule has 1 heterocycles. The standard InChI is InChI=1S/C17H14Cl2N2O2/c1-11-10-17(23,12-5-3-2-4-6-12)21(20-11)16(22)14-8-7-13(18)9-15(14)19/h2-9,23H,10H2,1H3. The summed E-state index contributed by atoms with van der Waals surface area (Å²) in [6.07, 6.45) is 0.244. The second-order valence-corrected chi connectivity index (χ2v) is 6.28. The predicted octanol–water partition coefficient (Wildman–Crippen LogP) is 4.06. The van der Waals surface area contributed by atoms with Crippen LogP contribution in [-0.4, -0.2) is 21.7 Å². The molecule has 0 spiro atoms. The summed E-state index contributed by atoms with van der Waals surface area (Å²) < 4.78 is 0. The number of hydrogen-bond donors (Lipinski definition) is 1. The van der Waals surface area contributed by atoms with E-state index in [1.807, 2.05) is 6.07 Å². The molecule has 4 nitrogen and oxygen atoms in total. The number of hydrogen-bond acceptors (Lipinski definition) is 3. The van der Waals surface area contributed by atoms with E-state index in [9.17, 15) is 9.90 Å². The monoisotopic (exact) mass is 348 g/mol. The van der Waals surface area contributed by atoms with Gasteiger partial charge >= 0.3 is 0 Å². The molecule has 2 aromatic rings. The van der Waals surface area contributed by atoms with Gasteiger partial charge in [-0.1, -0.05) is 53.5 Å². The molecule has 118 valence electrons. The zero-order valence-corrected chi connectivity index (χ0v) is 13.8. The average Bonchev–Trinajstić information content (AvgIpc) is 2.84. The van der Waals surface area contributed by atoms with Gasteiger partial charge in [0.2, 0.25) is 0 Å². The average molecular weight is 349 g/mol. The summed E-state index contributed by atoms with van der Waals surface area (Å²) in [5.41, 5.74) is -0.0246. The maximum atomic E-state index is 12.8. The SMILES string of the molecule is CC1=NN(C(=O)c2ccc(Cl)cc2Cl)C(O)(c2ccccc2)C1. The van der Waals surface area contributed by atoms with Gasteiger partial charge in [-0.3, -0.25) is 4.79 Å². The van der Waals surface area contributed by atoms with Gasteiger partial charge in [-0.2, -0.15) is 10.1 Å². The first kappa shape index (κ1) is 16.0. The van der Waals surface area contributed by atoms with E-state index in [1.165, 1.54) is 12.1 Å². The van der Waals surface area contributed by atoms with Crippen LogP contribution in [0.25, 0.3) is 0 Å². The summed E-state index contributed by atoms with van der Waals surface area (Å²) in [6, 6.07) is 13.6. The number of halogens is 2. The highest BCUT2D eigenvalue weighted by Gasteiger charge is 2.45. The summed E-state index contributed by atoms with van der Waals surface area (Å²) in [7, 11) is 0. The molecule has 23 heavy (non-hydrogen) atoms. The summed E-state index contributed by atoms with van der Waals surface area (Å²) in [5.74, 6) is -0.477. The van der Waals surface area contributed by atoms with Crippen LogP contribution in [0.3, 0.4) is 0 Å². The Hall–Kier alpha value is -1.88. The third-order valence-electron chi connectivity index (χ3n) is 3.71. The van der Waals surface area contributed by atoms with Crippen molar-refractivity contribution in [1.82, 2.24) is 5.01 Å². The van der Waals surface area contributed by atoms with Crippen LogP contribution in [0, 0.1) is 0 Å². The zero-order valence-electron chi connectivity index (χ0n) is 12.3. The Kier molecular flexibility index (Phi) is 4.15. The molecule has 2 aromatic carbocycles. The molecule has 1 atom stereocenters. The van der Waals surface area contributed by atoms with Crippen molar-refractivity contribution >= 4 is 34.8 Å². The normalized spacial score (nSPS) is 20.5. The van der Waals surface area contributed by atoms with Crippen molar-refractivity contribution in [1.29, 1.82) is 0 Å². The molecule has 6 heteroatoms. The van der Waals surface area contributed by atoms with Crippen molar-refractivity contribution < 1.29 is 9.90 Å². The molecule has 1 amide bonds. The molecule has 0 fully saturated rings. The molecular formula is C17H14Cl2N2O2. The number of nitrogens with zero attached hydrogens (tertiary/aromatic N) is 2. The van der Waals surface area contributed by atoms with Crippen LogP contribution in [0.1, 0.15) is 29.3 Å². The fraction of sp³-hybridized carbons (Fsp3) is 0.176. The van der Waals surface area contributed by atoms with E-state index >= 15 is 0 Å². The summed E-state index contributed by atoms with van der Waals surface area (Å²) in [5, 5.41) is 17.1. The Labute approximate surface area is 143 Å². The predicted molar refractivity (Wildman–Crippen MR) is 90.7 cm³/mol. The number of carbonyl (C=O) groups excluding carboxylic acids is 1. The lowest BCUT2D eigenvalue weighted by Crippen LogP contribution is -2.43. The molecule has 1 N–H and O–H groups in total. The molecule has 0 saturated carbocycles. The Morgan fingerprint density at radius 3 is 2.57 bits per heavy atom. The highest BCUT2D eigenvalue weighted by molar-refractivity contribution is 6.36. The lowest BCUT2D eigenvalue weighted by molar-refractivity contribution is -0.0765. The third-order valence-corrected chi connectivity index (χ3v) is 4.26. The molecule has 0 saturated heterocycles. The zero-order chi connectivity index (χ0) is 16.6. The van der Waals surface area contributed by atoms with Gasteiger partial charge in [0.1, 0.15) is 0 Å². The molecule has 1 unspecified atom stereocenters. The van der Waals surface area contributed by atoms with Crippen LogP contribution in [0.15, 0.2) is 53.6 Å². The minimum atomic E-state index is -1.52. The summed E-state index contributed by atoms with van der Waals surface area (Å²) in [4.78, 5) is 12.8. The molecule has 0 radical (unpaired) electrons. The second-order valence-electron chi connectivity index (χ2n) is 5.44. The van der Waals surface area contributed by atoms with Crippen molar-refractivity contribution in [2.45, 2.75) is 19.1 Å². The Balaban J connectivity index is 2.04. The number of aliphatic hydroxyl groups is 1. The minimum Gasteiger partial charge on any atom is -0.365 e. The van der Waals surface area contributed by atoms with Crippen molar-refractivity contribution in [2.75, 3.05) is 0 Å². The Bertz CT molecular complexity index is 792. The molecule has 1 aliphatic heterocycles. The van der Waals surface area contributed by atoms with Crippen molar-refractivity contribution in [3.63, 3.8) is 0 Å². The molecule has 0 aliphatic carbocycles. The fourth-order valence-corrected chi connectivity index (χ4v) is 3.13. The fourth-order valence-electron chi connectivity index (χ4n) is 2.64. The van der Waals surface area contributed by atoms with E-state index in [-0.39, 0.29) is 17.0 Å². The Morgan fingerprint density at radius 1 is 1.22 bits per heavy atom. The molecule has 1 aliphatic rings. The van der Waals surface area contributed by atoms with Gasteiger partial charge < -0.3 is 5.11 Å². The number of benzene rings is 2. The van der Waals surface area contributed by atoms with Gasteiger partial charge in [0, 0.05) is 22.7 Å². The first-order valence-electron chi connectivity index (χ1n) is 7.03. The van der Waals surface area contributed by atoms with Gasteiger partial charge in [-0.25, -0.2) is 0 Å². The second kappa shape index (κ2) is 5.96. The van der Waals surface area contributed by atoms with Crippen LogP contribution >= 0.6 is 23.2 Å². The van der Waals surface area contributed by atoms with Gasteiger partial charge in [0.05, 0.1) is 10.6 Å². The highest BCUT2D eigenvalue weighted by atomic mass is 35.5. The first-order valence-corrected chi connectivity index (χ1v) is 7.79. The number of hydrazone groups is 1. The lowest BCUT2D eigenvalue weighted by Gasteiger charge is -2.31. The maximum absolute atomic E-state index is 12.8. The van der Waals surface area contributed by atoms with E-state index in [4.69, 9.17) is 23.2 Å². The van der Waals surface area contributed by atoms with Crippen molar-refractivity contribution in [3.8, 4) is 0 Å². The molecular weight excluding hydrogens is 335 g/mol.